The Hall–Kier alpha value is -1.93. The third-order valence-corrected chi connectivity index (χ3v) is 6.27. The second-order valence-electron chi connectivity index (χ2n) is 7.60. The van der Waals surface area contributed by atoms with Crippen LogP contribution in [0.4, 0.5) is 5.69 Å². The number of carbonyl (C=O) groups is 2. The maximum absolute atomic E-state index is 12.8. The highest BCUT2D eigenvalue weighted by molar-refractivity contribution is 7.89. The molecule has 8 heteroatoms. The molecule has 27 heavy (non-hydrogen) atoms. The van der Waals surface area contributed by atoms with E-state index >= 15 is 0 Å². The van der Waals surface area contributed by atoms with E-state index in [-0.39, 0.29) is 17.4 Å². The zero-order valence-corrected chi connectivity index (χ0v) is 17.1. The highest BCUT2D eigenvalue weighted by Crippen LogP contribution is 2.27. The van der Waals surface area contributed by atoms with Gasteiger partial charge in [0, 0.05) is 18.8 Å². The summed E-state index contributed by atoms with van der Waals surface area (Å²) in [5.41, 5.74) is 0.444. The summed E-state index contributed by atoms with van der Waals surface area (Å²) in [6, 6.07) is 6.03. The minimum Gasteiger partial charge on any atom is -0.455 e. The molecule has 0 spiro atoms. The van der Waals surface area contributed by atoms with Crippen molar-refractivity contribution in [2.24, 2.45) is 17.8 Å². The van der Waals surface area contributed by atoms with Crippen LogP contribution in [0.25, 0.3) is 0 Å². The number of esters is 1. The third kappa shape index (κ3) is 5.77. The monoisotopic (exact) mass is 396 g/mol. The van der Waals surface area contributed by atoms with Gasteiger partial charge in [0.15, 0.2) is 6.61 Å². The first kappa shape index (κ1) is 21.4. The molecule has 0 unspecified atom stereocenters. The molecular weight excluding hydrogens is 368 g/mol. The van der Waals surface area contributed by atoms with Gasteiger partial charge in [-0.3, -0.25) is 9.59 Å². The molecule has 0 bridgehead atoms. The van der Waals surface area contributed by atoms with Crippen LogP contribution < -0.4 is 5.32 Å². The van der Waals surface area contributed by atoms with Crippen LogP contribution in [0.1, 0.15) is 34.1 Å². The van der Waals surface area contributed by atoms with E-state index in [9.17, 15) is 18.0 Å². The fraction of sp³-hybridized carbons (Fsp3) is 0.579. The van der Waals surface area contributed by atoms with Gasteiger partial charge in [-0.1, -0.05) is 27.7 Å². The van der Waals surface area contributed by atoms with Crippen molar-refractivity contribution in [3.8, 4) is 0 Å². The summed E-state index contributed by atoms with van der Waals surface area (Å²) in [5, 5.41) is 2.58. The van der Waals surface area contributed by atoms with Crippen LogP contribution in [0.3, 0.4) is 0 Å². The number of hydrogen-bond donors (Lipinski definition) is 1. The minimum atomic E-state index is -3.55. The highest BCUT2D eigenvalue weighted by atomic mass is 32.2. The van der Waals surface area contributed by atoms with Crippen LogP contribution in [0.15, 0.2) is 29.2 Å². The van der Waals surface area contributed by atoms with Crippen LogP contribution in [-0.4, -0.2) is 44.3 Å². The van der Waals surface area contributed by atoms with E-state index in [0.29, 0.717) is 30.6 Å². The van der Waals surface area contributed by atoms with E-state index in [1.54, 1.807) is 13.8 Å². The van der Waals surface area contributed by atoms with Gasteiger partial charge in [0.25, 0.3) is 5.91 Å². The van der Waals surface area contributed by atoms with Gasteiger partial charge in [-0.25, -0.2) is 8.42 Å². The number of amides is 1. The van der Waals surface area contributed by atoms with Crippen LogP contribution >= 0.6 is 0 Å². The lowest BCUT2D eigenvalue weighted by atomic mass is 9.94. The van der Waals surface area contributed by atoms with Crippen molar-refractivity contribution in [2.75, 3.05) is 25.0 Å². The number of benzene rings is 1. The highest BCUT2D eigenvalue weighted by Gasteiger charge is 2.31. The summed E-state index contributed by atoms with van der Waals surface area (Å²) in [6.45, 7) is 8.15. The zero-order chi connectivity index (χ0) is 20.2. The molecule has 1 aliphatic heterocycles. The van der Waals surface area contributed by atoms with E-state index in [1.807, 2.05) is 0 Å². The second-order valence-corrected chi connectivity index (χ2v) is 9.54. The Labute approximate surface area is 161 Å². The number of anilines is 1. The summed E-state index contributed by atoms with van der Waals surface area (Å²) in [7, 11) is -3.55. The number of sulfonamides is 1. The van der Waals surface area contributed by atoms with Gasteiger partial charge in [0.2, 0.25) is 10.0 Å². The second kappa shape index (κ2) is 8.84. The van der Waals surface area contributed by atoms with Crippen molar-refractivity contribution < 1.29 is 22.7 Å². The summed E-state index contributed by atoms with van der Waals surface area (Å²) >= 11 is 0. The van der Waals surface area contributed by atoms with E-state index in [4.69, 9.17) is 4.74 Å². The number of ether oxygens (including phenoxy) is 1. The Bertz CT molecular complexity index is 764. The molecule has 1 heterocycles. The average molecular weight is 397 g/mol. The van der Waals surface area contributed by atoms with Crippen LogP contribution in [0.2, 0.25) is 0 Å². The van der Waals surface area contributed by atoms with Gasteiger partial charge in [-0.15, -0.1) is 0 Å². The maximum atomic E-state index is 12.8. The number of nitrogens with zero attached hydrogens (tertiary/aromatic N) is 1. The maximum Gasteiger partial charge on any atom is 0.308 e. The summed E-state index contributed by atoms with van der Waals surface area (Å²) in [5.74, 6) is -0.566. The van der Waals surface area contributed by atoms with Crippen molar-refractivity contribution in [1.29, 1.82) is 0 Å². The van der Waals surface area contributed by atoms with Crippen LogP contribution in [0.5, 0.6) is 0 Å². The number of nitrogens with one attached hydrogen (secondary N) is 1. The van der Waals surface area contributed by atoms with Crippen molar-refractivity contribution in [2.45, 2.75) is 39.0 Å². The predicted octanol–water partition coefficient (Wildman–Crippen LogP) is 2.49. The molecule has 1 aromatic rings. The quantitative estimate of drug-likeness (QED) is 0.746. The zero-order valence-electron chi connectivity index (χ0n) is 16.3. The number of carbonyl (C=O) groups excluding carboxylic acids is 2. The summed E-state index contributed by atoms with van der Waals surface area (Å²) < 4.78 is 32.1. The molecule has 1 amide bonds. The Morgan fingerprint density at radius 2 is 1.70 bits per heavy atom. The van der Waals surface area contributed by atoms with Crippen molar-refractivity contribution in [1.82, 2.24) is 4.31 Å². The number of hydrogen-bond acceptors (Lipinski definition) is 5. The Balaban J connectivity index is 1.99. The standard InChI is InChI=1S/C19H28N2O5S/c1-13(2)19(23)26-12-18(22)20-16-5-7-17(8-6-16)27(24,25)21-10-14(3)9-15(4)11-21/h5-8,13-15H,9-12H2,1-4H3,(H,20,22)/t14-,15+. The first-order valence-electron chi connectivity index (χ1n) is 9.16. The molecule has 1 aromatic carbocycles. The van der Waals surface area contributed by atoms with Crippen molar-refractivity contribution in [3.05, 3.63) is 24.3 Å². The van der Waals surface area contributed by atoms with Gasteiger partial charge in [-0.05, 0) is 42.5 Å². The SMILES string of the molecule is CC(C)C(=O)OCC(=O)Nc1ccc(S(=O)(=O)N2C[C@H](C)C[C@H](C)C2)cc1. The Morgan fingerprint density at radius 3 is 2.22 bits per heavy atom. The third-order valence-electron chi connectivity index (χ3n) is 4.43. The number of piperidine rings is 1. The molecule has 2 rings (SSSR count). The fourth-order valence-corrected chi connectivity index (χ4v) is 4.84. The smallest absolute Gasteiger partial charge is 0.308 e. The van der Waals surface area contributed by atoms with Gasteiger partial charge in [0.05, 0.1) is 10.8 Å². The van der Waals surface area contributed by atoms with E-state index in [0.717, 1.165) is 6.42 Å². The average Bonchev–Trinajstić information content (AvgIpc) is 2.59. The van der Waals surface area contributed by atoms with E-state index in [1.165, 1.54) is 28.6 Å². The van der Waals surface area contributed by atoms with Gasteiger partial charge in [-0.2, -0.15) is 4.31 Å². The van der Waals surface area contributed by atoms with Crippen LogP contribution in [-0.2, 0) is 24.3 Å². The van der Waals surface area contributed by atoms with Crippen LogP contribution in [0, 0.1) is 17.8 Å². The lowest BCUT2D eigenvalue weighted by Crippen LogP contribution is -2.42. The molecule has 1 N–H and O–H groups in total. The van der Waals surface area contributed by atoms with Gasteiger partial charge < -0.3 is 10.1 Å². The largest absolute Gasteiger partial charge is 0.455 e. The summed E-state index contributed by atoms with van der Waals surface area (Å²) in [4.78, 5) is 23.4. The lowest BCUT2D eigenvalue weighted by molar-refractivity contribution is -0.150. The molecule has 7 nitrogen and oxygen atoms in total. The molecule has 1 saturated heterocycles. The first-order chi connectivity index (χ1) is 12.6. The van der Waals surface area contributed by atoms with Crippen molar-refractivity contribution >= 4 is 27.6 Å². The predicted molar refractivity (Wildman–Crippen MR) is 103 cm³/mol. The molecule has 1 fully saturated rings. The molecule has 0 aromatic heterocycles. The van der Waals surface area contributed by atoms with Gasteiger partial charge >= 0.3 is 5.97 Å². The van der Waals surface area contributed by atoms with Gasteiger partial charge in [0.1, 0.15) is 0 Å². The fourth-order valence-electron chi connectivity index (χ4n) is 3.16. The van der Waals surface area contributed by atoms with Crippen molar-refractivity contribution in [3.63, 3.8) is 0 Å². The molecule has 1 aliphatic rings. The molecule has 0 saturated carbocycles. The minimum absolute atomic E-state index is 0.202. The number of rotatable bonds is 6. The molecule has 0 aliphatic carbocycles. The topological polar surface area (TPSA) is 92.8 Å². The Kier molecular flexibility index (Phi) is 7.00. The molecule has 0 radical (unpaired) electrons. The summed E-state index contributed by atoms with van der Waals surface area (Å²) in [6.07, 6.45) is 1.03. The molecular formula is C19H28N2O5S. The lowest BCUT2D eigenvalue weighted by Gasteiger charge is -2.34. The van der Waals surface area contributed by atoms with E-state index in [2.05, 4.69) is 19.2 Å². The first-order valence-corrected chi connectivity index (χ1v) is 10.6. The van der Waals surface area contributed by atoms with E-state index < -0.39 is 21.9 Å². The normalized spacial score (nSPS) is 21.1. The molecule has 2 atom stereocenters. The Morgan fingerprint density at radius 1 is 1.15 bits per heavy atom. The molecule has 150 valence electrons.